The first-order chi connectivity index (χ1) is 15.1. The van der Waals surface area contributed by atoms with Gasteiger partial charge < -0.3 is 9.84 Å². The number of carbonyl (C=O) groups is 1. The number of hydrogen-bond donors (Lipinski definition) is 1. The van der Waals surface area contributed by atoms with E-state index in [4.69, 9.17) is 16.1 Å². The molecule has 0 fully saturated rings. The molecule has 1 aromatic carbocycles. The molecule has 1 aliphatic carbocycles. The van der Waals surface area contributed by atoms with Crippen molar-refractivity contribution in [3.05, 3.63) is 63.0 Å². The summed E-state index contributed by atoms with van der Waals surface area (Å²) in [6, 6.07) is 4.58. The van der Waals surface area contributed by atoms with E-state index in [0.29, 0.717) is 39.3 Å². The van der Waals surface area contributed by atoms with Crippen molar-refractivity contribution in [2.75, 3.05) is 5.32 Å². The lowest BCUT2D eigenvalue weighted by atomic mass is 9.71. The Labute approximate surface area is 192 Å². The molecule has 0 spiro atoms. The number of carbonyl (C=O) groups excluding carboxylic acids is 1. The fourth-order valence-corrected chi connectivity index (χ4v) is 4.58. The fourth-order valence-electron chi connectivity index (χ4n) is 4.36. The third kappa shape index (κ3) is 4.18. The van der Waals surface area contributed by atoms with Crippen LogP contribution in [-0.2, 0) is 19.4 Å². The van der Waals surface area contributed by atoms with Crippen LogP contribution in [0.5, 0.6) is 0 Å². The zero-order chi connectivity index (χ0) is 23.2. The summed E-state index contributed by atoms with van der Waals surface area (Å²) >= 11 is 6.17. The minimum atomic E-state index is -0.390. The van der Waals surface area contributed by atoms with E-state index in [1.54, 1.807) is 23.7 Å². The molecule has 1 amide bonds. The van der Waals surface area contributed by atoms with Crippen molar-refractivity contribution >= 4 is 23.2 Å². The van der Waals surface area contributed by atoms with Gasteiger partial charge in [0.15, 0.2) is 5.69 Å². The van der Waals surface area contributed by atoms with Gasteiger partial charge in [-0.3, -0.25) is 9.48 Å². The molecule has 8 heteroatoms. The summed E-state index contributed by atoms with van der Waals surface area (Å²) < 4.78 is 21.4. The Hall–Kier alpha value is -2.67. The first-order valence-electron chi connectivity index (χ1n) is 10.8. The first kappa shape index (κ1) is 22.5. The van der Waals surface area contributed by atoms with Crippen LogP contribution >= 0.6 is 11.6 Å². The van der Waals surface area contributed by atoms with Crippen LogP contribution in [-0.4, -0.2) is 20.8 Å². The van der Waals surface area contributed by atoms with Crippen LogP contribution in [0.4, 0.5) is 10.1 Å². The Morgan fingerprint density at radius 3 is 2.78 bits per heavy atom. The Bertz CT molecular complexity index is 1160. The molecule has 1 atom stereocenters. The number of amides is 1. The van der Waals surface area contributed by atoms with Gasteiger partial charge in [-0.25, -0.2) is 4.39 Å². The number of nitrogens with zero attached hydrogens (tertiary/aromatic N) is 3. The quantitative estimate of drug-likeness (QED) is 0.541. The highest BCUT2D eigenvalue weighted by molar-refractivity contribution is 6.31. The highest BCUT2D eigenvalue weighted by Gasteiger charge is 2.34. The minimum absolute atomic E-state index is 0.144. The van der Waals surface area contributed by atoms with Gasteiger partial charge in [-0.1, -0.05) is 43.6 Å². The van der Waals surface area contributed by atoms with Crippen LogP contribution in [0.2, 0.25) is 5.02 Å². The Balaban J connectivity index is 1.58. The number of hydrogen-bond acceptors (Lipinski definition) is 4. The Morgan fingerprint density at radius 2 is 2.09 bits per heavy atom. The number of nitrogens with one attached hydrogen (secondary N) is 1. The van der Waals surface area contributed by atoms with E-state index in [1.807, 2.05) is 6.92 Å². The van der Waals surface area contributed by atoms with Gasteiger partial charge in [0, 0.05) is 22.6 Å². The van der Waals surface area contributed by atoms with Crippen LogP contribution in [0.3, 0.4) is 0 Å². The lowest BCUT2D eigenvalue weighted by Crippen LogP contribution is -2.27. The van der Waals surface area contributed by atoms with E-state index in [1.165, 1.54) is 6.07 Å². The van der Waals surface area contributed by atoms with Crippen molar-refractivity contribution in [1.82, 2.24) is 14.9 Å². The fraction of sp³-hybridized carbons (Fsp3) is 0.458. The largest absolute Gasteiger partial charge is 0.360 e. The number of halogens is 2. The molecule has 3 aromatic rings. The van der Waals surface area contributed by atoms with Crippen molar-refractivity contribution in [1.29, 1.82) is 0 Å². The van der Waals surface area contributed by atoms with Crippen LogP contribution < -0.4 is 5.32 Å². The van der Waals surface area contributed by atoms with Crippen molar-refractivity contribution < 1.29 is 13.7 Å². The summed E-state index contributed by atoms with van der Waals surface area (Å²) in [5, 5.41) is 11.9. The highest BCUT2D eigenvalue weighted by atomic mass is 35.5. The maximum atomic E-state index is 14.2. The number of benzene rings is 1. The summed E-state index contributed by atoms with van der Waals surface area (Å²) in [4.78, 5) is 13.1. The van der Waals surface area contributed by atoms with E-state index in [-0.39, 0.29) is 17.9 Å². The summed E-state index contributed by atoms with van der Waals surface area (Å²) in [7, 11) is 0. The Morgan fingerprint density at radius 1 is 1.34 bits per heavy atom. The lowest BCUT2D eigenvalue weighted by Gasteiger charge is -2.33. The average molecular weight is 459 g/mol. The van der Waals surface area contributed by atoms with Crippen molar-refractivity contribution in [2.24, 2.45) is 11.3 Å². The predicted octanol–water partition coefficient (Wildman–Crippen LogP) is 5.73. The number of rotatable bonds is 4. The van der Waals surface area contributed by atoms with Gasteiger partial charge >= 0.3 is 0 Å². The number of fused-ring (bicyclic) bond motifs is 1. The molecular weight excluding hydrogens is 431 g/mol. The second kappa shape index (κ2) is 8.35. The summed E-state index contributed by atoms with van der Waals surface area (Å²) in [5.74, 6) is 0.546. The van der Waals surface area contributed by atoms with Crippen LogP contribution in [0.15, 0.2) is 22.7 Å². The number of aromatic nitrogens is 3. The van der Waals surface area contributed by atoms with Gasteiger partial charge in [-0.15, -0.1) is 0 Å². The van der Waals surface area contributed by atoms with Gasteiger partial charge in [0.25, 0.3) is 5.91 Å². The SMILES string of the molecule is Cc1nn(Cc2c(F)cccc2Cl)c(C)c1NC(=O)c1noc2c1CC(C(C)(C)C)CC2. The zero-order valence-corrected chi connectivity index (χ0v) is 19.8. The molecule has 0 radical (unpaired) electrons. The maximum absolute atomic E-state index is 14.2. The predicted molar refractivity (Wildman–Crippen MR) is 122 cm³/mol. The zero-order valence-electron chi connectivity index (χ0n) is 19.1. The molecule has 0 bridgehead atoms. The average Bonchev–Trinajstić information content (AvgIpc) is 3.26. The minimum Gasteiger partial charge on any atom is -0.360 e. The van der Waals surface area contributed by atoms with E-state index >= 15 is 0 Å². The number of anilines is 1. The maximum Gasteiger partial charge on any atom is 0.278 e. The second-order valence-electron chi connectivity index (χ2n) is 9.60. The van der Waals surface area contributed by atoms with Crippen LogP contribution in [0.1, 0.15) is 66.0 Å². The molecule has 1 aliphatic rings. The van der Waals surface area contributed by atoms with Crippen molar-refractivity contribution in [2.45, 2.75) is 60.4 Å². The van der Waals surface area contributed by atoms with Crippen LogP contribution in [0.25, 0.3) is 0 Å². The van der Waals surface area contributed by atoms with Gasteiger partial charge in [0.05, 0.1) is 23.6 Å². The lowest BCUT2D eigenvalue weighted by molar-refractivity contribution is 0.101. The third-order valence-electron chi connectivity index (χ3n) is 6.47. The van der Waals surface area contributed by atoms with Gasteiger partial charge in [0.1, 0.15) is 11.6 Å². The van der Waals surface area contributed by atoms with Crippen LogP contribution in [0, 0.1) is 31.0 Å². The molecule has 4 rings (SSSR count). The molecule has 32 heavy (non-hydrogen) atoms. The molecule has 0 saturated carbocycles. The summed E-state index contributed by atoms with van der Waals surface area (Å²) in [5.41, 5.74) is 3.66. The number of aryl methyl sites for hydroxylation is 2. The molecule has 0 aliphatic heterocycles. The first-order valence-corrected chi connectivity index (χ1v) is 11.2. The van der Waals surface area contributed by atoms with Gasteiger partial charge in [-0.05, 0) is 50.2 Å². The van der Waals surface area contributed by atoms with E-state index in [2.05, 4.69) is 36.3 Å². The van der Waals surface area contributed by atoms with E-state index < -0.39 is 5.82 Å². The monoisotopic (exact) mass is 458 g/mol. The molecule has 170 valence electrons. The molecular formula is C24H28ClFN4O2. The van der Waals surface area contributed by atoms with Gasteiger partial charge in [0.2, 0.25) is 0 Å². The summed E-state index contributed by atoms with van der Waals surface area (Å²) in [6.45, 7) is 10.5. The van der Waals surface area contributed by atoms with Crippen molar-refractivity contribution in [3.8, 4) is 0 Å². The van der Waals surface area contributed by atoms with Crippen molar-refractivity contribution in [3.63, 3.8) is 0 Å². The second-order valence-corrected chi connectivity index (χ2v) is 10.0. The summed E-state index contributed by atoms with van der Waals surface area (Å²) in [6.07, 6.45) is 2.58. The molecule has 2 aromatic heterocycles. The molecule has 6 nitrogen and oxygen atoms in total. The van der Waals surface area contributed by atoms with E-state index in [0.717, 1.165) is 30.6 Å². The van der Waals surface area contributed by atoms with E-state index in [9.17, 15) is 9.18 Å². The molecule has 0 saturated heterocycles. The highest BCUT2D eigenvalue weighted by Crippen LogP contribution is 2.38. The third-order valence-corrected chi connectivity index (χ3v) is 6.82. The smallest absolute Gasteiger partial charge is 0.278 e. The normalized spacial score (nSPS) is 16.2. The standard InChI is InChI=1S/C24H28ClFN4O2/c1-13-21(14(2)30(28-13)12-17-18(25)7-6-8-19(17)26)27-23(31)22-16-11-15(24(3,4)5)9-10-20(16)32-29-22/h6-8,15H,9-12H2,1-5H3,(H,27,31). The molecule has 1 N–H and O–H groups in total. The molecule has 1 unspecified atom stereocenters. The van der Waals surface area contributed by atoms with Gasteiger partial charge in [-0.2, -0.15) is 5.10 Å². The Kier molecular flexibility index (Phi) is 5.88. The topological polar surface area (TPSA) is 73.0 Å². The molecule has 2 heterocycles.